The summed E-state index contributed by atoms with van der Waals surface area (Å²) < 4.78 is 0. The van der Waals surface area contributed by atoms with Crippen molar-refractivity contribution < 1.29 is 29.6 Å². The zero-order chi connectivity index (χ0) is 6.99. The fraction of sp³-hybridized carbons (Fsp3) is 0.250. The third-order valence-electron chi connectivity index (χ3n) is 0.145. The molecule has 0 bridgehead atoms. The van der Waals surface area contributed by atoms with Crippen LogP contribution in [0.15, 0.2) is 11.6 Å². The monoisotopic (exact) mass is 191 g/mol. The molecule has 0 atom stereocenters. The van der Waals surface area contributed by atoms with Crippen molar-refractivity contribution in [3.05, 3.63) is 11.6 Å². The van der Waals surface area contributed by atoms with Gasteiger partial charge in [-0.2, -0.15) is 0 Å². The van der Waals surface area contributed by atoms with E-state index < -0.39 is 0 Å². The van der Waals surface area contributed by atoms with Crippen LogP contribution in [-0.2, 0) is 12.6 Å². The van der Waals surface area contributed by atoms with Crippen LogP contribution in [0.1, 0.15) is 0 Å². The zero-order valence-electron chi connectivity index (χ0n) is 5.03. The molecule has 0 heterocycles. The van der Waals surface area contributed by atoms with Gasteiger partial charge < -0.3 is 12.6 Å². The van der Waals surface area contributed by atoms with Gasteiger partial charge >= 0.3 is 29.6 Å². The maximum atomic E-state index is 7.13. The average molecular weight is 192 g/mol. The van der Waals surface area contributed by atoms with Crippen LogP contribution >= 0.6 is 23.2 Å². The zero-order valence-corrected chi connectivity index (χ0v) is 9.35. The topological polar surface area (TPSA) is 23.8 Å². The van der Waals surface area contributed by atoms with Crippen molar-refractivity contribution in [1.82, 2.24) is 0 Å². The van der Waals surface area contributed by atoms with Gasteiger partial charge in [0.05, 0.1) is 5.88 Å². The summed E-state index contributed by atoms with van der Waals surface area (Å²) in [7, 11) is 0. The molecule has 0 saturated heterocycles. The van der Waals surface area contributed by atoms with Crippen LogP contribution in [0.4, 0.5) is 0 Å². The Balaban J connectivity index is -0.0000000800. The standard InChI is InChI=1S/C3H4Cl2.CHNS.Na/c1-3(5)2-4;2-1-3;/h1-2H2;3H;/q;;+1/p-1. The van der Waals surface area contributed by atoms with Gasteiger partial charge in [-0.1, -0.05) is 23.6 Å². The molecule has 0 aromatic rings. The SMILES string of the molecule is C=C(Cl)CCl.N#C[S-].[Na+]. The van der Waals surface area contributed by atoms with E-state index in [9.17, 15) is 0 Å². The number of rotatable bonds is 1. The maximum Gasteiger partial charge on any atom is 1.00 e. The molecule has 0 spiro atoms. The van der Waals surface area contributed by atoms with Crippen molar-refractivity contribution >= 4 is 35.8 Å². The molecular weight excluding hydrogens is 188 g/mol. The fourth-order valence-electron chi connectivity index (χ4n) is 0. The Kier molecular flexibility index (Phi) is 29.4. The summed E-state index contributed by atoms with van der Waals surface area (Å²) in [6.07, 6.45) is 0. The van der Waals surface area contributed by atoms with Crippen LogP contribution in [0.2, 0.25) is 0 Å². The first-order chi connectivity index (χ1) is 3.68. The number of hydrogen-bond acceptors (Lipinski definition) is 2. The Hall–Kier alpha value is 1.03. The Morgan fingerprint density at radius 2 is 1.89 bits per heavy atom. The summed E-state index contributed by atoms with van der Waals surface area (Å²) in [4.78, 5) is 0. The molecule has 0 aromatic heterocycles. The second-order valence-corrected chi connectivity index (χ2v) is 1.73. The van der Waals surface area contributed by atoms with Crippen LogP contribution < -0.4 is 29.6 Å². The average Bonchev–Trinajstić information content (AvgIpc) is 1.69. The number of halogens is 2. The first-order valence-corrected chi connectivity index (χ1v) is 2.91. The Bertz CT molecular complexity index is 101. The molecule has 46 valence electrons. The molecule has 0 aliphatic rings. The quantitative estimate of drug-likeness (QED) is 0.230. The van der Waals surface area contributed by atoms with Crippen molar-refractivity contribution in [2.24, 2.45) is 0 Å². The number of nitriles is 1. The molecule has 5 heteroatoms. The van der Waals surface area contributed by atoms with E-state index in [1.165, 1.54) is 5.40 Å². The molecule has 9 heavy (non-hydrogen) atoms. The molecule has 0 aliphatic heterocycles. The summed E-state index contributed by atoms with van der Waals surface area (Å²) in [5.41, 5.74) is 0. The summed E-state index contributed by atoms with van der Waals surface area (Å²) in [5.74, 6) is 0.349. The minimum atomic E-state index is 0. The smallest absolute Gasteiger partial charge is 0.696 e. The first-order valence-electron chi connectivity index (χ1n) is 1.59. The summed E-state index contributed by atoms with van der Waals surface area (Å²) >= 11 is 13.9. The summed E-state index contributed by atoms with van der Waals surface area (Å²) in [5, 5.41) is 8.96. The van der Waals surface area contributed by atoms with Crippen molar-refractivity contribution in [2.75, 3.05) is 5.88 Å². The molecule has 0 aliphatic carbocycles. The predicted octanol–water partition coefficient (Wildman–Crippen LogP) is -1.00. The van der Waals surface area contributed by atoms with Crippen LogP contribution in [0.3, 0.4) is 0 Å². The van der Waals surface area contributed by atoms with Crippen molar-refractivity contribution in [2.45, 2.75) is 0 Å². The van der Waals surface area contributed by atoms with E-state index in [-0.39, 0.29) is 29.6 Å². The number of thiocyanates is 1. The molecule has 0 saturated carbocycles. The van der Waals surface area contributed by atoms with E-state index in [1.807, 2.05) is 0 Å². The van der Waals surface area contributed by atoms with Gasteiger partial charge in [0.25, 0.3) is 0 Å². The van der Waals surface area contributed by atoms with Gasteiger partial charge in [-0.25, -0.2) is 5.26 Å². The number of nitrogens with zero attached hydrogens (tertiary/aromatic N) is 1. The van der Waals surface area contributed by atoms with Crippen LogP contribution in [0.5, 0.6) is 0 Å². The Morgan fingerprint density at radius 3 is 1.89 bits per heavy atom. The summed E-state index contributed by atoms with van der Waals surface area (Å²) in [6.45, 7) is 3.31. The third kappa shape index (κ3) is 48.6. The minimum absolute atomic E-state index is 0. The van der Waals surface area contributed by atoms with Gasteiger partial charge in [0.15, 0.2) is 0 Å². The number of alkyl halides is 1. The van der Waals surface area contributed by atoms with Gasteiger partial charge in [0.1, 0.15) is 0 Å². The van der Waals surface area contributed by atoms with Crippen molar-refractivity contribution in [1.29, 1.82) is 5.26 Å². The molecule has 0 fully saturated rings. The maximum absolute atomic E-state index is 7.13. The Morgan fingerprint density at radius 1 is 1.78 bits per heavy atom. The predicted molar refractivity (Wildman–Crippen MR) is 38.7 cm³/mol. The van der Waals surface area contributed by atoms with Gasteiger partial charge in [0.2, 0.25) is 0 Å². The number of hydrogen-bond donors (Lipinski definition) is 0. The molecular formula is C4H4Cl2NNaS. The van der Waals surface area contributed by atoms with E-state index in [0.29, 0.717) is 10.9 Å². The fourth-order valence-corrected chi connectivity index (χ4v) is 0. The van der Waals surface area contributed by atoms with Crippen molar-refractivity contribution in [3.63, 3.8) is 0 Å². The van der Waals surface area contributed by atoms with E-state index in [2.05, 4.69) is 19.2 Å². The second kappa shape index (κ2) is 16.0. The van der Waals surface area contributed by atoms with Crippen LogP contribution in [-0.4, -0.2) is 5.88 Å². The molecule has 0 aromatic carbocycles. The van der Waals surface area contributed by atoms with E-state index >= 15 is 0 Å². The minimum Gasteiger partial charge on any atom is -0.696 e. The van der Waals surface area contributed by atoms with Crippen LogP contribution in [0.25, 0.3) is 0 Å². The normalized spacial score (nSPS) is 5.00. The third-order valence-corrected chi connectivity index (χ3v) is 0.738. The van der Waals surface area contributed by atoms with E-state index in [0.717, 1.165) is 0 Å². The summed E-state index contributed by atoms with van der Waals surface area (Å²) in [6, 6.07) is 0. The van der Waals surface area contributed by atoms with Crippen molar-refractivity contribution in [3.8, 4) is 5.40 Å². The molecule has 0 unspecified atom stereocenters. The molecule has 0 radical (unpaired) electrons. The van der Waals surface area contributed by atoms with Gasteiger partial charge in [0, 0.05) is 5.03 Å². The molecule has 0 rings (SSSR count). The first kappa shape index (κ1) is 16.5. The van der Waals surface area contributed by atoms with E-state index in [1.54, 1.807) is 0 Å². The number of allylic oxidation sites excluding steroid dienone is 1. The van der Waals surface area contributed by atoms with Gasteiger partial charge in [-0.05, 0) is 0 Å². The van der Waals surface area contributed by atoms with Crippen LogP contribution in [0, 0.1) is 10.7 Å². The molecule has 0 N–H and O–H groups in total. The second-order valence-electron chi connectivity index (χ2n) is 0.742. The molecule has 0 amide bonds. The molecule has 1 nitrogen and oxygen atoms in total. The largest absolute Gasteiger partial charge is 1.00 e. The Labute approximate surface area is 92.7 Å². The van der Waals surface area contributed by atoms with Gasteiger partial charge in [-0.3, -0.25) is 0 Å². The van der Waals surface area contributed by atoms with Gasteiger partial charge in [-0.15, -0.1) is 11.6 Å². The van der Waals surface area contributed by atoms with E-state index in [4.69, 9.17) is 28.5 Å².